The maximum Gasteiger partial charge on any atom is 0.228 e. The molecule has 3 heterocycles. The molecule has 1 aliphatic heterocycles. The van der Waals surface area contributed by atoms with E-state index in [0.717, 1.165) is 23.2 Å². The zero-order chi connectivity index (χ0) is 17.1. The lowest BCUT2D eigenvalue weighted by Gasteiger charge is -2.25. The minimum atomic E-state index is -0.207. The smallest absolute Gasteiger partial charge is 0.228 e. The molecule has 1 unspecified atom stereocenters. The van der Waals surface area contributed by atoms with Gasteiger partial charge in [0.05, 0.1) is 24.8 Å². The van der Waals surface area contributed by atoms with Gasteiger partial charge in [-0.1, -0.05) is 24.3 Å². The van der Waals surface area contributed by atoms with Crippen LogP contribution in [0.25, 0.3) is 11.3 Å². The number of aromatic nitrogens is 3. The Kier molecular flexibility index (Phi) is 4.26. The van der Waals surface area contributed by atoms with Gasteiger partial charge in [0, 0.05) is 24.0 Å². The van der Waals surface area contributed by atoms with Gasteiger partial charge in [-0.05, 0) is 29.7 Å². The number of rotatable bonds is 4. The third-order valence-electron chi connectivity index (χ3n) is 4.28. The molecule has 0 fully saturated rings. The summed E-state index contributed by atoms with van der Waals surface area (Å²) in [5.74, 6) is 0.374. The zero-order valence-corrected chi connectivity index (χ0v) is 13.6. The molecule has 25 heavy (non-hydrogen) atoms. The van der Waals surface area contributed by atoms with Crippen LogP contribution in [0.5, 0.6) is 0 Å². The highest BCUT2D eigenvalue weighted by Gasteiger charge is 2.23. The average molecular weight is 334 g/mol. The Balaban J connectivity index is 1.43. The van der Waals surface area contributed by atoms with Crippen molar-refractivity contribution in [3.05, 3.63) is 66.0 Å². The summed E-state index contributed by atoms with van der Waals surface area (Å²) in [5.41, 5.74) is 4.08. The summed E-state index contributed by atoms with van der Waals surface area (Å²) in [6.07, 6.45) is 4.41. The molecule has 1 aliphatic rings. The Bertz CT molecular complexity index is 876. The first-order valence-corrected chi connectivity index (χ1v) is 8.24. The van der Waals surface area contributed by atoms with E-state index in [1.807, 2.05) is 30.3 Å². The maximum atomic E-state index is 12.4. The van der Waals surface area contributed by atoms with Crippen molar-refractivity contribution in [2.75, 3.05) is 11.9 Å². The largest absolute Gasteiger partial charge is 0.373 e. The lowest BCUT2D eigenvalue weighted by atomic mass is 9.96. The predicted octanol–water partition coefficient (Wildman–Crippen LogP) is 3.11. The Morgan fingerprint density at radius 3 is 3.08 bits per heavy atom. The van der Waals surface area contributed by atoms with E-state index in [4.69, 9.17) is 4.74 Å². The van der Waals surface area contributed by atoms with Crippen molar-refractivity contribution in [3.63, 3.8) is 0 Å². The van der Waals surface area contributed by atoms with E-state index in [1.54, 1.807) is 18.5 Å². The van der Waals surface area contributed by atoms with Crippen molar-refractivity contribution < 1.29 is 9.53 Å². The zero-order valence-electron chi connectivity index (χ0n) is 13.6. The first kappa shape index (κ1) is 15.5. The number of anilines is 1. The molecule has 126 valence electrons. The second-order valence-corrected chi connectivity index (χ2v) is 5.97. The lowest BCUT2D eigenvalue weighted by molar-refractivity contribution is -0.119. The van der Waals surface area contributed by atoms with Crippen molar-refractivity contribution >= 4 is 11.7 Å². The summed E-state index contributed by atoms with van der Waals surface area (Å²) < 4.78 is 5.79. The summed E-state index contributed by atoms with van der Waals surface area (Å²) in [4.78, 5) is 16.5. The Morgan fingerprint density at radius 1 is 1.28 bits per heavy atom. The Hall–Kier alpha value is -2.99. The first-order valence-electron chi connectivity index (χ1n) is 8.24. The molecule has 4 rings (SSSR count). The highest BCUT2D eigenvalue weighted by atomic mass is 16.5. The summed E-state index contributed by atoms with van der Waals surface area (Å²) >= 11 is 0. The maximum absolute atomic E-state index is 12.4. The van der Waals surface area contributed by atoms with Crippen LogP contribution in [0.2, 0.25) is 0 Å². The van der Waals surface area contributed by atoms with Gasteiger partial charge in [-0.2, -0.15) is 5.10 Å². The molecule has 0 aliphatic carbocycles. The molecule has 1 amide bonds. The van der Waals surface area contributed by atoms with Gasteiger partial charge >= 0.3 is 0 Å². The van der Waals surface area contributed by atoms with Crippen LogP contribution >= 0.6 is 0 Å². The van der Waals surface area contributed by atoms with E-state index in [-0.39, 0.29) is 18.4 Å². The van der Waals surface area contributed by atoms with Gasteiger partial charge in [0.25, 0.3) is 0 Å². The second-order valence-electron chi connectivity index (χ2n) is 5.97. The number of pyridine rings is 1. The predicted molar refractivity (Wildman–Crippen MR) is 93.9 cm³/mol. The number of carbonyl (C=O) groups is 1. The van der Waals surface area contributed by atoms with Gasteiger partial charge in [0.2, 0.25) is 5.91 Å². The van der Waals surface area contributed by atoms with E-state index < -0.39 is 0 Å². The van der Waals surface area contributed by atoms with Crippen LogP contribution in [-0.2, 0) is 16.0 Å². The van der Waals surface area contributed by atoms with Crippen molar-refractivity contribution in [2.24, 2.45) is 0 Å². The molecule has 1 atom stereocenters. The summed E-state index contributed by atoms with van der Waals surface area (Å²) in [6, 6.07) is 13.7. The van der Waals surface area contributed by atoms with E-state index in [2.05, 4.69) is 26.6 Å². The van der Waals surface area contributed by atoms with Crippen molar-refractivity contribution in [3.8, 4) is 11.3 Å². The van der Waals surface area contributed by atoms with Crippen LogP contribution in [-0.4, -0.2) is 27.7 Å². The van der Waals surface area contributed by atoms with Gasteiger partial charge in [-0.25, -0.2) is 0 Å². The van der Waals surface area contributed by atoms with Crippen LogP contribution in [0.15, 0.2) is 54.9 Å². The standard InChI is InChI=1S/C19H18N4O2/c24-19(11-17-15-6-2-1-4-13(15)7-9-25-17)21-18-10-16(22-23-18)14-5-3-8-20-12-14/h1-6,8,10,12,17H,7,9,11H2,(H2,21,22,23,24). The average Bonchev–Trinajstić information content (AvgIpc) is 3.11. The fourth-order valence-corrected chi connectivity index (χ4v) is 3.06. The number of hydrogen-bond acceptors (Lipinski definition) is 4. The number of ether oxygens (including phenoxy) is 1. The SMILES string of the molecule is O=C(CC1OCCc2ccccc21)Nc1cc(-c2cccnc2)[nH]n1. The van der Waals surface area contributed by atoms with E-state index in [0.29, 0.717) is 12.4 Å². The Morgan fingerprint density at radius 2 is 2.20 bits per heavy atom. The quantitative estimate of drug-likeness (QED) is 0.768. The molecule has 0 radical (unpaired) electrons. The molecule has 0 spiro atoms. The monoisotopic (exact) mass is 334 g/mol. The highest BCUT2D eigenvalue weighted by molar-refractivity contribution is 5.90. The first-order chi connectivity index (χ1) is 12.3. The number of hydrogen-bond donors (Lipinski definition) is 2. The van der Waals surface area contributed by atoms with Crippen LogP contribution in [0.3, 0.4) is 0 Å². The number of carbonyl (C=O) groups excluding carboxylic acids is 1. The fraction of sp³-hybridized carbons (Fsp3) is 0.211. The number of amides is 1. The molecule has 6 heteroatoms. The Labute approximate surface area is 145 Å². The van der Waals surface area contributed by atoms with Gasteiger partial charge in [0.15, 0.2) is 5.82 Å². The summed E-state index contributed by atoms with van der Waals surface area (Å²) in [6.45, 7) is 0.641. The third kappa shape index (κ3) is 3.44. The van der Waals surface area contributed by atoms with Crippen molar-refractivity contribution in [1.29, 1.82) is 0 Å². The minimum absolute atomic E-state index is 0.120. The third-order valence-corrected chi connectivity index (χ3v) is 4.28. The number of H-pyrrole nitrogens is 1. The van der Waals surface area contributed by atoms with Gasteiger partial charge in [-0.15, -0.1) is 0 Å². The molecule has 2 N–H and O–H groups in total. The molecular formula is C19H18N4O2. The van der Waals surface area contributed by atoms with Crippen LogP contribution in [0, 0.1) is 0 Å². The van der Waals surface area contributed by atoms with Gasteiger partial charge in [0.1, 0.15) is 0 Å². The van der Waals surface area contributed by atoms with E-state index in [1.165, 1.54) is 5.56 Å². The van der Waals surface area contributed by atoms with Gasteiger partial charge < -0.3 is 10.1 Å². The highest BCUT2D eigenvalue weighted by Crippen LogP contribution is 2.29. The minimum Gasteiger partial charge on any atom is -0.373 e. The van der Waals surface area contributed by atoms with Crippen LogP contribution in [0.1, 0.15) is 23.7 Å². The second kappa shape index (κ2) is 6.86. The number of aromatic amines is 1. The van der Waals surface area contributed by atoms with Crippen molar-refractivity contribution in [2.45, 2.75) is 18.9 Å². The summed E-state index contributed by atoms with van der Waals surface area (Å²) in [7, 11) is 0. The number of nitrogens with zero attached hydrogens (tertiary/aromatic N) is 2. The van der Waals surface area contributed by atoms with Crippen LogP contribution < -0.4 is 5.32 Å². The number of benzene rings is 1. The van der Waals surface area contributed by atoms with Gasteiger partial charge in [-0.3, -0.25) is 14.9 Å². The molecule has 0 saturated carbocycles. The van der Waals surface area contributed by atoms with E-state index in [9.17, 15) is 4.79 Å². The van der Waals surface area contributed by atoms with Crippen LogP contribution in [0.4, 0.5) is 5.82 Å². The molecule has 0 bridgehead atoms. The molecule has 1 aromatic carbocycles. The normalized spacial score (nSPS) is 16.2. The molecule has 6 nitrogen and oxygen atoms in total. The molecule has 2 aromatic heterocycles. The van der Waals surface area contributed by atoms with Crippen molar-refractivity contribution in [1.82, 2.24) is 15.2 Å². The lowest BCUT2D eigenvalue weighted by Crippen LogP contribution is -2.22. The molecule has 3 aromatic rings. The topological polar surface area (TPSA) is 79.9 Å². The molecular weight excluding hydrogens is 316 g/mol. The fourth-order valence-electron chi connectivity index (χ4n) is 3.06. The van der Waals surface area contributed by atoms with E-state index >= 15 is 0 Å². The molecule has 0 saturated heterocycles. The number of nitrogens with one attached hydrogen (secondary N) is 2. The number of fused-ring (bicyclic) bond motifs is 1. The summed E-state index contributed by atoms with van der Waals surface area (Å²) in [5, 5.41) is 9.88.